The molecule has 0 saturated carbocycles. The molecule has 0 spiro atoms. The molecule has 0 aliphatic carbocycles. The number of aromatic nitrogens is 2. The van der Waals surface area contributed by atoms with E-state index in [1.807, 2.05) is 113 Å². The van der Waals surface area contributed by atoms with E-state index in [2.05, 4.69) is 39.0 Å². The van der Waals surface area contributed by atoms with Gasteiger partial charge in [0.1, 0.15) is 0 Å². The number of anilines is 4. The van der Waals surface area contributed by atoms with E-state index in [0.717, 1.165) is 48.7 Å². The predicted molar refractivity (Wildman–Crippen MR) is 296 cm³/mol. The molecule has 14 nitrogen and oxygen atoms in total. The lowest BCUT2D eigenvalue weighted by Gasteiger charge is -2.36. The number of aryl methyl sites for hydroxylation is 2. The Balaban J connectivity index is 0.000000184. The number of carbonyl (C=O) groups excluding carboxylic acids is 2. The summed E-state index contributed by atoms with van der Waals surface area (Å²) in [6, 6.07) is 60.0. The molecule has 1 aromatic heterocycles. The summed E-state index contributed by atoms with van der Waals surface area (Å²) < 4.78 is 59.1. The topological polar surface area (TPSA) is 140 Å². The molecule has 75 heavy (non-hydrogen) atoms. The molecule has 0 bridgehead atoms. The summed E-state index contributed by atoms with van der Waals surface area (Å²) in [6.45, 7) is 7.73. The van der Waals surface area contributed by atoms with Gasteiger partial charge in [-0.3, -0.25) is 18.2 Å². The third-order valence-corrected chi connectivity index (χ3v) is 17.0. The van der Waals surface area contributed by atoms with E-state index in [-0.39, 0.29) is 34.8 Å². The van der Waals surface area contributed by atoms with E-state index < -0.39 is 20.0 Å². The summed E-state index contributed by atoms with van der Waals surface area (Å²) in [4.78, 5) is 39.1. The van der Waals surface area contributed by atoms with Gasteiger partial charge in [-0.05, 0) is 102 Å². The number of piperazine rings is 2. The maximum Gasteiger partial charge on any atom is 0.283 e. The molecule has 10 rings (SSSR count). The molecule has 2 aliphatic heterocycles. The van der Waals surface area contributed by atoms with Gasteiger partial charge in [-0.25, -0.2) is 13.4 Å². The van der Waals surface area contributed by atoms with E-state index in [0.29, 0.717) is 54.2 Å². The molecule has 2 amide bonds. The van der Waals surface area contributed by atoms with Gasteiger partial charge in [0.2, 0.25) is 0 Å². The minimum absolute atomic E-state index is 0.0256. The molecule has 0 N–H and O–H groups in total. The number of sulfonamides is 2. The van der Waals surface area contributed by atoms with Crippen molar-refractivity contribution in [1.29, 1.82) is 0 Å². The van der Waals surface area contributed by atoms with Crippen LogP contribution in [0.15, 0.2) is 217 Å². The Kier molecular flexibility index (Phi) is 16.1. The van der Waals surface area contributed by atoms with Crippen LogP contribution in [0.4, 0.5) is 22.7 Å². The SMILES string of the molecule is Cc1ccccc1S(=O)(=O)N(Cc1ccccc1)c1ccc(C(=O)N2CCN(c3ccccc3)CC2)cc1.Cn1cnc(S(=O)(=O)N(Cc2ccccc2)c2ccc(C(=O)N3CCN(c4ccccc4)CC3)cc2)c1. The Morgan fingerprint density at radius 2 is 0.840 bits per heavy atom. The Morgan fingerprint density at radius 3 is 1.23 bits per heavy atom. The molecule has 7 aromatic carbocycles. The number of hydrogen-bond acceptors (Lipinski definition) is 9. The van der Waals surface area contributed by atoms with Crippen LogP contribution in [0.3, 0.4) is 0 Å². The van der Waals surface area contributed by atoms with Crippen LogP contribution in [0, 0.1) is 6.92 Å². The van der Waals surface area contributed by atoms with Crippen molar-refractivity contribution in [1.82, 2.24) is 19.4 Å². The van der Waals surface area contributed by atoms with Gasteiger partial charge in [0.15, 0.2) is 5.03 Å². The van der Waals surface area contributed by atoms with E-state index in [1.54, 1.807) is 85.3 Å². The second-order valence-corrected chi connectivity index (χ2v) is 22.1. The summed E-state index contributed by atoms with van der Waals surface area (Å²) in [5.41, 5.74) is 6.81. The predicted octanol–water partition coefficient (Wildman–Crippen LogP) is 9.13. The highest BCUT2D eigenvalue weighted by Crippen LogP contribution is 2.30. The lowest BCUT2D eigenvalue weighted by Crippen LogP contribution is -2.48. The average molecular weight is 1040 g/mol. The van der Waals surface area contributed by atoms with Gasteiger partial charge in [-0.15, -0.1) is 0 Å². The largest absolute Gasteiger partial charge is 0.368 e. The van der Waals surface area contributed by atoms with E-state index in [4.69, 9.17) is 0 Å². The molecule has 0 unspecified atom stereocenters. The number of nitrogens with zero attached hydrogens (tertiary/aromatic N) is 8. The number of amides is 2. The fourth-order valence-electron chi connectivity index (χ4n) is 9.25. The Labute approximate surface area is 440 Å². The van der Waals surface area contributed by atoms with Crippen LogP contribution in [0.5, 0.6) is 0 Å². The second kappa shape index (κ2) is 23.3. The number of benzene rings is 7. The quantitative estimate of drug-likeness (QED) is 0.104. The van der Waals surface area contributed by atoms with Crippen molar-refractivity contribution in [3.05, 3.63) is 234 Å². The lowest BCUT2D eigenvalue weighted by molar-refractivity contribution is 0.0739. The third kappa shape index (κ3) is 12.3. The first-order chi connectivity index (χ1) is 36.3. The first-order valence-corrected chi connectivity index (χ1v) is 27.8. The van der Waals surface area contributed by atoms with Gasteiger partial charge >= 0.3 is 0 Å². The average Bonchev–Trinajstić information content (AvgIpc) is 3.92. The minimum atomic E-state index is -3.92. The van der Waals surface area contributed by atoms with E-state index >= 15 is 0 Å². The molecule has 2 saturated heterocycles. The fourth-order valence-corrected chi connectivity index (χ4v) is 12.4. The highest BCUT2D eigenvalue weighted by molar-refractivity contribution is 7.93. The monoisotopic (exact) mass is 1040 g/mol. The van der Waals surface area contributed by atoms with Gasteiger partial charge in [0.05, 0.1) is 35.7 Å². The van der Waals surface area contributed by atoms with Crippen LogP contribution in [0.1, 0.15) is 37.4 Å². The van der Waals surface area contributed by atoms with Crippen LogP contribution >= 0.6 is 0 Å². The molecule has 384 valence electrons. The number of rotatable bonds is 14. The third-order valence-electron chi connectivity index (χ3n) is 13.4. The van der Waals surface area contributed by atoms with Gasteiger partial charge in [-0.2, -0.15) is 8.42 Å². The summed E-state index contributed by atoms with van der Waals surface area (Å²) >= 11 is 0. The van der Waals surface area contributed by atoms with Crippen LogP contribution in [-0.4, -0.2) is 100 Å². The maximum absolute atomic E-state index is 13.8. The van der Waals surface area contributed by atoms with E-state index in [9.17, 15) is 26.4 Å². The Hall–Kier alpha value is -8.21. The molecule has 2 fully saturated rings. The van der Waals surface area contributed by atoms with Crippen molar-refractivity contribution < 1.29 is 26.4 Å². The second-order valence-electron chi connectivity index (χ2n) is 18.5. The lowest BCUT2D eigenvalue weighted by atomic mass is 10.1. The highest BCUT2D eigenvalue weighted by atomic mass is 32.2. The van der Waals surface area contributed by atoms with Gasteiger partial charge in [-0.1, -0.05) is 115 Å². The zero-order valence-electron chi connectivity index (χ0n) is 42.0. The van der Waals surface area contributed by atoms with Crippen LogP contribution in [0.2, 0.25) is 0 Å². The molecule has 2 aliphatic rings. The number of imidazole rings is 1. The van der Waals surface area contributed by atoms with Gasteiger partial charge in [0, 0.05) is 88.1 Å². The van der Waals surface area contributed by atoms with Gasteiger partial charge < -0.3 is 24.2 Å². The summed E-state index contributed by atoms with van der Waals surface area (Å²) in [6.07, 6.45) is 2.95. The zero-order chi connectivity index (χ0) is 52.4. The normalized spacial score (nSPS) is 13.9. The minimum Gasteiger partial charge on any atom is -0.368 e. The Bertz CT molecular complexity index is 3390. The van der Waals surface area contributed by atoms with Crippen molar-refractivity contribution in [3.63, 3.8) is 0 Å². The summed E-state index contributed by atoms with van der Waals surface area (Å²) in [5.74, 6) is -0.0953. The smallest absolute Gasteiger partial charge is 0.283 e. The van der Waals surface area contributed by atoms with Gasteiger partial charge in [0.25, 0.3) is 31.9 Å². The van der Waals surface area contributed by atoms with E-state index in [1.165, 1.54) is 21.1 Å². The van der Waals surface area contributed by atoms with Crippen LogP contribution in [0.25, 0.3) is 0 Å². The molecule has 8 aromatic rings. The number of para-hydroxylation sites is 2. The van der Waals surface area contributed by atoms with Crippen LogP contribution < -0.4 is 18.4 Å². The Morgan fingerprint density at radius 1 is 0.467 bits per heavy atom. The number of carbonyl (C=O) groups is 2. The molecule has 0 atom stereocenters. The molecule has 16 heteroatoms. The maximum atomic E-state index is 13.8. The summed E-state index contributed by atoms with van der Waals surface area (Å²) in [7, 11) is -6.02. The zero-order valence-corrected chi connectivity index (χ0v) is 43.7. The molecule has 3 heterocycles. The first-order valence-electron chi connectivity index (χ1n) is 24.9. The number of hydrogen-bond donors (Lipinski definition) is 0. The molecular weight excluding hydrogens is 981 g/mol. The fraction of sp³-hybridized carbons (Fsp3) is 0.203. The molecule has 0 radical (unpaired) electrons. The highest BCUT2D eigenvalue weighted by Gasteiger charge is 2.30. The van der Waals surface area contributed by atoms with Crippen molar-refractivity contribution in [2.24, 2.45) is 7.05 Å². The standard InChI is InChI=1S/C31H31N3O3S.C28H29N5O3S/c1-25-10-8-9-15-30(25)38(36,37)34(24-26-11-4-2-5-12-26)29-18-16-27(17-19-29)31(35)33-22-20-32(21-23-33)28-13-6-3-7-14-28;1-30-21-27(29-22-30)37(35,36)33(20-23-8-4-2-5-9-23)26-14-12-24(13-15-26)28(34)32-18-16-31(17-19-32)25-10-6-3-7-11-25/h2-19H,20-24H2,1H3;2-15,21-22H,16-20H2,1H3. The van der Waals surface area contributed by atoms with Crippen molar-refractivity contribution in [2.75, 3.05) is 70.8 Å². The van der Waals surface area contributed by atoms with Crippen molar-refractivity contribution in [2.45, 2.75) is 29.9 Å². The molecular formula is C59H60N8O6S2. The van der Waals surface area contributed by atoms with Crippen molar-refractivity contribution in [3.8, 4) is 0 Å². The van der Waals surface area contributed by atoms with Crippen LogP contribution in [-0.2, 0) is 40.2 Å². The summed E-state index contributed by atoms with van der Waals surface area (Å²) in [5, 5.41) is -0.0256. The van der Waals surface area contributed by atoms with Crippen molar-refractivity contribution >= 4 is 54.6 Å². The first kappa shape index (κ1) is 51.7.